The summed E-state index contributed by atoms with van der Waals surface area (Å²) >= 11 is 5.62. The molecule has 0 saturated heterocycles. The minimum Gasteiger partial charge on any atom is -0.425 e. The SMILES string of the molecule is C[C@H](O)C(=O)Oc1ccc(Cl)cc1. The lowest BCUT2D eigenvalue weighted by Gasteiger charge is -2.05. The van der Waals surface area contributed by atoms with Crippen LogP contribution >= 0.6 is 11.6 Å². The van der Waals surface area contributed by atoms with Crippen LogP contribution in [0, 0.1) is 0 Å². The summed E-state index contributed by atoms with van der Waals surface area (Å²) in [4.78, 5) is 10.9. The summed E-state index contributed by atoms with van der Waals surface area (Å²) < 4.78 is 4.78. The van der Waals surface area contributed by atoms with Gasteiger partial charge in [0.05, 0.1) is 0 Å². The Bertz CT molecular complexity index is 292. The summed E-state index contributed by atoms with van der Waals surface area (Å²) in [6.07, 6.45) is -1.12. The molecular weight excluding hydrogens is 192 g/mol. The molecule has 0 aliphatic rings. The van der Waals surface area contributed by atoms with E-state index in [1.807, 2.05) is 0 Å². The van der Waals surface area contributed by atoms with E-state index >= 15 is 0 Å². The number of halogens is 1. The van der Waals surface area contributed by atoms with Crippen LogP contribution in [0.25, 0.3) is 0 Å². The third-order valence-corrected chi connectivity index (χ3v) is 1.63. The fourth-order valence-electron chi connectivity index (χ4n) is 0.704. The molecule has 0 heterocycles. The fraction of sp³-hybridized carbons (Fsp3) is 0.222. The molecule has 3 nitrogen and oxygen atoms in total. The van der Waals surface area contributed by atoms with Gasteiger partial charge in [-0.3, -0.25) is 0 Å². The number of carbonyl (C=O) groups excluding carboxylic acids is 1. The number of esters is 1. The van der Waals surface area contributed by atoms with E-state index < -0.39 is 12.1 Å². The van der Waals surface area contributed by atoms with Crippen LogP contribution in [0.2, 0.25) is 5.02 Å². The van der Waals surface area contributed by atoms with Crippen molar-refractivity contribution >= 4 is 17.6 Å². The van der Waals surface area contributed by atoms with Gasteiger partial charge < -0.3 is 9.84 Å². The summed E-state index contributed by atoms with van der Waals surface area (Å²) in [7, 11) is 0. The number of rotatable bonds is 2. The molecule has 0 aromatic heterocycles. The van der Waals surface area contributed by atoms with Crippen molar-refractivity contribution in [1.29, 1.82) is 0 Å². The third kappa shape index (κ3) is 3.05. The molecule has 0 aliphatic heterocycles. The molecule has 1 rings (SSSR count). The van der Waals surface area contributed by atoms with Crippen LogP contribution in [0.5, 0.6) is 5.75 Å². The second-order valence-corrected chi connectivity index (χ2v) is 2.99. The Labute approximate surface area is 80.9 Å². The van der Waals surface area contributed by atoms with Crippen molar-refractivity contribution in [3.05, 3.63) is 29.3 Å². The summed E-state index contributed by atoms with van der Waals surface area (Å²) in [5, 5.41) is 9.40. The highest BCUT2D eigenvalue weighted by Gasteiger charge is 2.10. The summed E-state index contributed by atoms with van der Waals surface area (Å²) in [5.41, 5.74) is 0. The lowest BCUT2D eigenvalue weighted by Crippen LogP contribution is -2.21. The quantitative estimate of drug-likeness (QED) is 0.583. The maximum atomic E-state index is 10.9. The number of benzene rings is 1. The van der Waals surface area contributed by atoms with Crippen LogP contribution in [-0.2, 0) is 4.79 Å². The fourth-order valence-corrected chi connectivity index (χ4v) is 0.830. The highest BCUT2D eigenvalue weighted by Crippen LogP contribution is 2.15. The largest absolute Gasteiger partial charge is 0.425 e. The standard InChI is InChI=1S/C9H9ClO3/c1-6(11)9(12)13-8-4-2-7(10)3-5-8/h2-6,11H,1H3/t6-/m0/s1. The van der Waals surface area contributed by atoms with Gasteiger partial charge in [0.25, 0.3) is 0 Å². The lowest BCUT2D eigenvalue weighted by molar-refractivity contribution is -0.142. The third-order valence-electron chi connectivity index (χ3n) is 1.37. The smallest absolute Gasteiger partial charge is 0.340 e. The van der Waals surface area contributed by atoms with E-state index in [2.05, 4.69) is 0 Å². The van der Waals surface area contributed by atoms with Crippen LogP contribution in [0.15, 0.2) is 24.3 Å². The molecule has 0 radical (unpaired) electrons. The van der Waals surface area contributed by atoms with E-state index in [9.17, 15) is 4.79 Å². The van der Waals surface area contributed by atoms with Gasteiger partial charge in [0, 0.05) is 5.02 Å². The number of ether oxygens (including phenoxy) is 1. The minimum atomic E-state index is -1.12. The number of hydrogen-bond acceptors (Lipinski definition) is 3. The van der Waals surface area contributed by atoms with Crippen LogP contribution in [0.1, 0.15) is 6.92 Å². The van der Waals surface area contributed by atoms with E-state index in [-0.39, 0.29) is 0 Å². The minimum absolute atomic E-state index is 0.371. The molecular formula is C9H9ClO3. The molecule has 0 bridgehead atoms. The Kier molecular flexibility index (Phi) is 3.28. The van der Waals surface area contributed by atoms with Gasteiger partial charge in [0.2, 0.25) is 0 Å². The molecule has 0 fully saturated rings. The second kappa shape index (κ2) is 4.25. The molecule has 0 spiro atoms. The Morgan fingerprint density at radius 2 is 2.00 bits per heavy atom. The average molecular weight is 201 g/mol. The normalized spacial score (nSPS) is 12.2. The molecule has 1 atom stereocenters. The number of carbonyl (C=O) groups is 1. The number of aliphatic hydroxyl groups excluding tert-OH is 1. The Morgan fingerprint density at radius 1 is 1.46 bits per heavy atom. The van der Waals surface area contributed by atoms with Gasteiger partial charge in [-0.25, -0.2) is 4.79 Å². The second-order valence-electron chi connectivity index (χ2n) is 2.55. The molecule has 0 amide bonds. The maximum Gasteiger partial charge on any atom is 0.340 e. The first-order chi connectivity index (χ1) is 6.09. The molecule has 4 heteroatoms. The zero-order valence-corrected chi connectivity index (χ0v) is 7.78. The first kappa shape index (κ1) is 10.0. The molecule has 0 unspecified atom stereocenters. The Hall–Kier alpha value is -1.06. The van der Waals surface area contributed by atoms with Crippen molar-refractivity contribution in [3.8, 4) is 5.75 Å². The van der Waals surface area contributed by atoms with Crippen LogP contribution in [0.3, 0.4) is 0 Å². The van der Waals surface area contributed by atoms with E-state index in [0.29, 0.717) is 10.8 Å². The molecule has 1 aromatic rings. The van der Waals surface area contributed by atoms with E-state index in [1.54, 1.807) is 24.3 Å². The van der Waals surface area contributed by atoms with Gasteiger partial charge in [-0.2, -0.15) is 0 Å². The lowest BCUT2D eigenvalue weighted by atomic mass is 10.3. The van der Waals surface area contributed by atoms with Crippen molar-refractivity contribution in [2.75, 3.05) is 0 Å². The number of aliphatic hydroxyl groups is 1. The van der Waals surface area contributed by atoms with Gasteiger partial charge in [-0.05, 0) is 31.2 Å². The van der Waals surface area contributed by atoms with Gasteiger partial charge in [-0.1, -0.05) is 11.6 Å². The molecule has 1 N–H and O–H groups in total. The predicted octanol–water partition coefficient (Wildman–Crippen LogP) is 1.63. The van der Waals surface area contributed by atoms with Crippen molar-refractivity contribution in [3.63, 3.8) is 0 Å². The van der Waals surface area contributed by atoms with E-state index in [1.165, 1.54) is 6.92 Å². The first-order valence-electron chi connectivity index (χ1n) is 3.75. The van der Waals surface area contributed by atoms with Crippen molar-refractivity contribution < 1.29 is 14.6 Å². The van der Waals surface area contributed by atoms with Gasteiger partial charge in [0.1, 0.15) is 11.9 Å². The first-order valence-corrected chi connectivity index (χ1v) is 4.12. The average Bonchev–Trinajstić information content (AvgIpc) is 2.08. The molecule has 70 valence electrons. The zero-order valence-electron chi connectivity index (χ0n) is 7.03. The van der Waals surface area contributed by atoms with Gasteiger partial charge >= 0.3 is 5.97 Å². The Morgan fingerprint density at radius 3 is 2.46 bits per heavy atom. The number of hydrogen-bond donors (Lipinski definition) is 1. The molecule has 1 aromatic carbocycles. The zero-order chi connectivity index (χ0) is 9.84. The highest BCUT2D eigenvalue weighted by atomic mass is 35.5. The monoisotopic (exact) mass is 200 g/mol. The summed E-state index contributed by atoms with van der Waals surface area (Å²) in [5.74, 6) is -0.308. The van der Waals surface area contributed by atoms with Crippen molar-refractivity contribution in [2.45, 2.75) is 13.0 Å². The van der Waals surface area contributed by atoms with Crippen LogP contribution in [0.4, 0.5) is 0 Å². The Balaban J connectivity index is 2.65. The van der Waals surface area contributed by atoms with Crippen LogP contribution < -0.4 is 4.74 Å². The molecule has 0 aliphatic carbocycles. The predicted molar refractivity (Wildman–Crippen MR) is 48.8 cm³/mol. The van der Waals surface area contributed by atoms with Crippen molar-refractivity contribution in [1.82, 2.24) is 0 Å². The topological polar surface area (TPSA) is 46.5 Å². The molecule has 0 saturated carbocycles. The van der Waals surface area contributed by atoms with Gasteiger partial charge in [-0.15, -0.1) is 0 Å². The van der Waals surface area contributed by atoms with Gasteiger partial charge in [0.15, 0.2) is 0 Å². The summed E-state index contributed by atoms with van der Waals surface area (Å²) in [6, 6.07) is 6.32. The summed E-state index contributed by atoms with van der Waals surface area (Å²) in [6.45, 7) is 1.35. The van der Waals surface area contributed by atoms with Crippen LogP contribution in [-0.4, -0.2) is 17.2 Å². The maximum absolute atomic E-state index is 10.9. The van der Waals surface area contributed by atoms with E-state index in [4.69, 9.17) is 21.4 Å². The van der Waals surface area contributed by atoms with Crippen molar-refractivity contribution in [2.24, 2.45) is 0 Å². The highest BCUT2D eigenvalue weighted by molar-refractivity contribution is 6.30. The molecule has 13 heavy (non-hydrogen) atoms. The van der Waals surface area contributed by atoms with E-state index in [0.717, 1.165) is 0 Å².